The third-order valence-electron chi connectivity index (χ3n) is 3.50. The first-order valence-electron chi connectivity index (χ1n) is 7.47. The monoisotopic (exact) mass is 380 g/mol. The van der Waals surface area contributed by atoms with Gasteiger partial charge in [0.15, 0.2) is 0 Å². The molecule has 136 valence electrons. The molecule has 0 amide bonds. The van der Waals surface area contributed by atoms with Gasteiger partial charge in [-0.2, -0.15) is 13.5 Å². The van der Waals surface area contributed by atoms with Gasteiger partial charge in [0.05, 0.1) is 5.69 Å². The molecule has 3 rings (SSSR count). The highest BCUT2D eigenvalue weighted by molar-refractivity contribution is 7.81. The van der Waals surface area contributed by atoms with E-state index in [0.29, 0.717) is 22.6 Å². The van der Waals surface area contributed by atoms with E-state index in [0.717, 1.165) is 5.56 Å². The summed E-state index contributed by atoms with van der Waals surface area (Å²) in [7, 11) is -5.08. The minimum atomic E-state index is -5.08. The van der Waals surface area contributed by atoms with Gasteiger partial charge in [0, 0.05) is 17.3 Å². The first-order valence-corrected chi connectivity index (χ1v) is 8.78. The van der Waals surface area contributed by atoms with Crippen LogP contribution in [-0.4, -0.2) is 18.6 Å². The van der Waals surface area contributed by atoms with Crippen LogP contribution < -0.4 is 8.92 Å². The lowest BCUT2D eigenvalue weighted by atomic mass is 10.0. The summed E-state index contributed by atoms with van der Waals surface area (Å²) < 4.78 is 57.6. The summed E-state index contributed by atoms with van der Waals surface area (Å²) in [5, 5.41) is 6.54. The van der Waals surface area contributed by atoms with Crippen molar-refractivity contribution in [1.82, 2.24) is 10.2 Å². The zero-order valence-electron chi connectivity index (χ0n) is 13.6. The molecule has 0 aliphatic heterocycles. The van der Waals surface area contributed by atoms with Gasteiger partial charge in [0.25, 0.3) is 0 Å². The summed E-state index contributed by atoms with van der Waals surface area (Å²) in [6.45, 7) is 1.79. The second kappa shape index (κ2) is 7.12. The van der Waals surface area contributed by atoms with E-state index in [1.165, 1.54) is 30.5 Å². The van der Waals surface area contributed by atoms with Crippen molar-refractivity contribution in [1.29, 1.82) is 0 Å². The van der Waals surface area contributed by atoms with Crippen molar-refractivity contribution in [3.63, 3.8) is 0 Å². The summed E-state index contributed by atoms with van der Waals surface area (Å²) in [6, 6.07) is 10.3. The normalized spacial score (nSPS) is 11.3. The molecule has 0 unspecified atom stereocenters. The van der Waals surface area contributed by atoms with Gasteiger partial charge >= 0.3 is 10.5 Å². The maximum atomic E-state index is 14.7. The summed E-state index contributed by atoms with van der Waals surface area (Å²) in [6.07, 6.45) is 1.54. The number of nitrogens with one attached hydrogen (secondary N) is 1. The number of hydrogen-bond donors (Lipinski definition) is 1. The molecular weight excluding hydrogens is 366 g/mol. The van der Waals surface area contributed by atoms with E-state index < -0.39 is 16.3 Å². The molecule has 3 aromatic rings. The van der Waals surface area contributed by atoms with Crippen LogP contribution in [0, 0.1) is 12.7 Å². The Balaban J connectivity index is 1.76. The first kappa shape index (κ1) is 17.9. The molecule has 0 bridgehead atoms. The molecule has 9 heteroatoms. The lowest BCUT2D eigenvalue weighted by Gasteiger charge is -2.11. The van der Waals surface area contributed by atoms with Crippen molar-refractivity contribution in [3.8, 4) is 22.8 Å². The fraction of sp³-hybridized carbons (Fsp3) is 0.118. The molecule has 0 radical (unpaired) electrons. The highest BCUT2D eigenvalue weighted by Crippen LogP contribution is 2.26. The Morgan fingerprint density at radius 3 is 2.42 bits per heavy atom. The fourth-order valence-corrected chi connectivity index (χ4v) is 2.76. The largest absolute Gasteiger partial charge is 0.489 e. The molecule has 0 fully saturated rings. The maximum Gasteiger partial charge on any atom is 0.488 e. The molecule has 26 heavy (non-hydrogen) atoms. The molecule has 2 aromatic carbocycles. The number of halogens is 2. The van der Waals surface area contributed by atoms with Crippen molar-refractivity contribution in [3.05, 3.63) is 65.6 Å². The lowest BCUT2D eigenvalue weighted by molar-refractivity contribution is 0.299. The molecule has 0 aliphatic rings. The van der Waals surface area contributed by atoms with Gasteiger partial charge in [-0.15, -0.1) is 0 Å². The second-order valence-electron chi connectivity index (χ2n) is 5.49. The smallest absolute Gasteiger partial charge is 0.488 e. The Morgan fingerprint density at radius 2 is 1.81 bits per heavy atom. The third kappa shape index (κ3) is 4.37. The van der Waals surface area contributed by atoms with E-state index in [1.807, 2.05) is 6.92 Å². The predicted octanol–water partition coefficient (Wildman–Crippen LogP) is 3.70. The molecule has 1 aromatic heterocycles. The number of aromatic nitrogens is 2. The Labute approximate surface area is 148 Å². The van der Waals surface area contributed by atoms with E-state index in [1.54, 1.807) is 18.2 Å². The van der Waals surface area contributed by atoms with Gasteiger partial charge in [0.2, 0.25) is 0 Å². The zero-order chi connectivity index (χ0) is 18.7. The van der Waals surface area contributed by atoms with Crippen LogP contribution >= 0.6 is 0 Å². The lowest BCUT2D eigenvalue weighted by Crippen LogP contribution is -2.02. The standard InChI is InChI=1S/C17H14F2N2O4S/c1-11-8-12(17(18)15(9-11)16-6-7-20-21-16)10-24-13-2-4-14(5-3-13)25-26(19,22)23/h2-9H,10H2,1H3,(H,20,21). The highest BCUT2D eigenvalue weighted by Gasteiger charge is 2.13. The van der Waals surface area contributed by atoms with Crippen LogP contribution in [-0.2, 0) is 17.1 Å². The number of ether oxygens (including phenoxy) is 1. The summed E-state index contributed by atoms with van der Waals surface area (Å²) in [4.78, 5) is 0. The van der Waals surface area contributed by atoms with Crippen LogP contribution in [0.25, 0.3) is 11.3 Å². The molecule has 0 atom stereocenters. The van der Waals surface area contributed by atoms with E-state index in [-0.39, 0.29) is 12.4 Å². The molecule has 0 spiro atoms. The third-order valence-corrected chi connectivity index (χ3v) is 3.89. The number of H-pyrrole nitrogens is 1. The van der Waals surface area contributed by atoms with Gasteiger partial charge in [-0.3, -0.25) is 5.10 Å². The van der Waals surface area contributed by atoms with E-state index in [9.17, 15) is 16.7 Å². The molecule has 0 saturated heterocycles. The average molecular weight is 380 g/mol. The maximum absolute atomic E-state index is 14.7. The summed E-state index contributed by atoms with van der Waals surface area (Å²) in [5.41, 5.74) is 2.15. The van der Waals surface area contributed by atoms with E-state index >= 15 is 0 Å². The molecule has 0 aliphatic carbocycles. The van der Waals surface area contributed by atoms with Gasteiger partial charge in [0.1, 0.15) is 23.9 Å². The molecule has 0 saturated carbocycles. The number of benzene rings is 2. The second-order valence-corrected chi connectivity index (χ2v) is 6.45. The minimum absolute atomic E-state index is 0.0454. The molecule has 1 heterocycles. The summed E-state index contributed by atoms with van der Waals surface area (Å²) in [5.74, 6) is -0.274. The predicted molar refractivity (Wildman–Crippen MR) is 90.1 cm³/mol. The highest BCUT2D eigenvalue weighted by atomic mass is 32.3. The quantitative estimate of drug-likeness (QED) is 0.660. The van der Waals surface area contributed by atoms with Crippen molar-refractivity contribution in [2.24, 2.45) is 0 Å². The van der Waals surface area contributed by atoms with Crippen LogP contribution in [0.1, 0.15) is 11.1 Å². The molecule has 6 nitrogen and oxygen atoms in total. The Bertz CT molecular complexity index is 1000. The number of hydrogen-bond acceptors (Lipinski definition) is 5. The molecular formula is C17H14F2N2O4S. The van der Waals surface area contributed by atoms with Crippen molar-refractivity contribution < 1.29 is 25.6 Å². The average Bonchev–Trinajstić information content (AvgIpc) is 3.09. The van der Waals surface area contributed by atoms with Crippen LogP contribution in [0.5, 0.6) is 11.5 Å². The Morgan fingerprint density at radius 1 is 1.12 bits per heavy atom. The van der Waals surface area contributed by atoms with E-state index in [4.69, 9.17) is 4.74 Å². The van der Waals surface area contributed by atoms with Gasteiger partial charge in [-0.25, -0.2) is 4.39 Å². The Hall–Kier alpha value is -2.94. The number of aromatic amines is 1. The topological polar surface area (TPSA) is 81.3 Å². The number of rotatable bonds is 6. The summed E-state index contributed by atoms with van der Waals surface area (Å²) >= 11 is 0. The van der Waals surface area contributed by atoms with Crippen molar-refractivity contribution in [2.75, 3.05) is 0 Å². The van der Waals surface area contributed by atoms with Crippen LogP contribution in [0.15, 0.2) is 48.7 Å². The van der Waals surface area contributed by atoms with Crippen molar-refractivity contribution >= 4 is 10.5 Å². The molecule has 1 N–H and O–H groups in total. The van der Waals surface area contributed by atoms with E-state index in [2.05, 4.69) is 14.4 Å². The first-order chi connectivity index (χ1) is 12.3. The van der Waals surface area contributed by atoms with Gasteiger partial charge in [-0.05, 0) is 55.0 Å². The van der Waals surface area contributed by atoms with Crippen LogP contribution in [0.3, 0.4) is 0 Å². The van der Waals surface area contributed by atoms with Gasteiger partial charge < -0.3 is 8.92 Å². The number of aryl methyl sites for hydroxylation is 1. The zero-order valence-corrected chi connectivity index (χ0v) is 14.4. The van der Waals surface area contributed by atoms with Crippen LogP contribution in [0.4, 0.5) is 8.28 Å². The number of nitrogens with zero attached hydrogens (tertiary/aromatic N) is 1. The van der Waals surface area contributed by atoms with Gasteiger partial charge in [-0.1, -0.05) is 3.89 Å². The minimum Gasteiger partial charge on any atom is -0.489 e. The SMILES string of the molecule is Cc1cc(COc2ccc(OS(=O)(=O)F)cc2)c(F)c(-c2ccn[nH]2)c1. The fourth-order valence-electron chi connectivity index (χ4n) is 2.42. The van der Waals surface area contributed by atoms with Crippen LogP contribution in [0.2, 0.25) is 0 Å². The van der Waals surface area contributed by atoms with Crippen molar-refractivity contribution in [2.45, 2.75) is 13.5 Å². The Kier molecular flexibility index (Phi) is 4.90.